The van der Waals surface area contributed by atoms with E-state index in [1.807, 2.05) is 0 Å². The van der Waals surface area contributed by atoms with E-state index in [0.717, 1.165) is 4.90 Å². The van der Waals surface area contributed by atoms with Gasteiger partial charge in [-0.05, 0) is 84.7 Å². The highest BCUT2D eigenvalue weighted by Crippen LogP contribution is 2.41. The average molecular weight is 504 g/mol. The van der Waals surface area contributed by atoms with Crippen molar-refractivity contribution < 1.29 is 23.5 Å². The molecular weight excluding hydrogens is 483 g/mol. The Balaban J connectivity index is 2.00. The maximum absolute atomic E-state index is 12.7. The predicted octanol–water partition coefficient (Wildman–Crippen LogP) is 5.98. The Morgan fingerprint density at radius 3 is 1.73 bits per heavy atom. The van der Waals surface area contributed by atoms with Gasteiger partial charge in [0.25, 0.3) is 0 Å². The first-order valence-corrected chi connectivity index (χ1v) is 11.7. The minimum atomic E-state index is -1.82. The number of nitriles is 1. The molecule has 0 saturated heterocycles. The normalized spacial score (nSPS) is 11.1. The number of rotatable bonds is 11. The van der Waals surface area contributed by atoms with Crippen molar-refractivity contribution in [3.63, 3.8) is 0 Å². The van der Waals surface area contributed by atoms with Gasteiger partial charge >= 0.3 is 14.1 Å². The van der Waals surface area contributed by atoms with Gasteiger partial charge in [0, 0.05) is 9.92 Å². The van der Waals surface area contributed by atoms with E-state index in [1.54, 1.807) is 87.0 Å². The molecule has 1 atom stereocenters. The van der Waals surface area contributed by atoms with Gasteiger partial charge in [0.05, 0.1) is 20.3 Å². The highest BCUT2D eigenvalue weighted by atomic mass is 35.5. The number of hydrogen-bond acceptors (Lipinski definition) is 8. The summed E-state index contributed by atoms with van der Waals surface area (Å²) in [6.07, 6.45) is 0. The van der Waals surface area contributed by atoms with Gasteiger partial charge < -0.3 is 18.9 Å². The Hall–Kier alpha value is -2.95. The molecule has 0 aliphatic heterocycles. The third-order valence-electron chi connectivity index (χ3n) is 4.33. The van der Waals surface area contributed by atoms with Crippen molar-refractivity contribution in [3.8, 4) is 29.1 Å². The molecule has 0 aliphatic carbocycles. The minimum absolute atomic E-state index is 0.144. The summed E-state index contributed by atoms with van der Waals surface area (Å²) in [4.78, 5) is 0.758. The van der Waals surface area contributed by atoms with E-state index < -0.39 is 14.1 Å². The zero-order valence-corrected chi connectivity index (χ0v) is 20.4. The Bertz CT molecular complexity index is 1040. The van der Waals surface area contributed by atoms with Crippen LogP contribution >= 0.6 is 32.0 Å². The van der Waals surface area contributed by atoms with Crippen molar-refractivity contribution >= 4 is 32.0 Å². The second-order valence-corrected chi connectivity index (χ2v) is 8.85. The van der Waals surface area contributed by atoms with Crippen LogP contribution in [0.15, 0.2) is 77.7 Å². The van der Waals surface area contributed by atoms with Gasteiger partial charge in [-0.15, -0.1) is 4.31 Å². The molecule has 0 N–H and O–H groups in total. The molecule has 33 heavy (non-hydrogen) atoms. The fourth-order valence-electron chi connectivity index (χ4n) is 2.71. The summed E-state index contributed by atoms with van der Waals surface area (Å²) in [7, 11) is 1.99. The summed E-state index contributed by atoms with van der Waals surface area (Å²) < 4.78 is 36.9. The molecule has 10 heteroatoms. The Labute approximate surface area is 203 Å². The molecule has 170 valence electrons. The van der Waals surface area contributed by atoms with Gasteiger partial charge in [0.2, 0.25) is 0 Å². The summed E-state index contributed by atoms with van der Waals surface area (Å²) >= 11 is 7.16. The molecule has 0 saturated carbocycles. The van der Waals surface area contributed by atoms with Crippen molar-refractivity contribution in [2.24, 2.45) is 0 Å². The van der Waals surface area contributed by atoms with Crippen LogP contribution in [-0.4, -0.2) is 30.7 Å². The zero-order valence-electron chi connectivity index (χ0n) is 17.9. The van der Waals surface area contributed by atoms with Crippen LogP contribution in [0, 0.1) is 11.3 Å². The highest BCUT2D eigenvalue weighted by Gasteiger charge is 2.53. The molecule has 0 heterocycles. The molecule has 7 nitrogen and oxygen atoms in total. The predicted molar refractivity (Wildman–Crippen MR) is 129 cm³/mol. The fraction of sp³-hybridized carbons (Fsp3) is 0.174. The maximum Gasteiger partial charge on any atom is 0.535 e. The monoisotopic (exact) mass is 503 g/mol. The summed E-state index contributed by atoms with van der Waals surface area (Å²) in [6.45, 7) is -0.144. The van der Waals surface area contributed by atoms with E-state index >= 15 is 0 Å². The molecule has 0 amide bonds. The summed E-state index contributed by atoms with van der Waals surface area (Å²) in [5.41, 5.74) is -1.82. The van der Waals surface area contributed by atoms with Gasteiger partial charge in [0.15, 0.2) is 0 Å². The first-order valence-electron chi connectivity index (χ1n) is 9.65. The summed E-state index contributed by atoms with van der Waals surface area (Å²) in [5, 5.41) is 10.1. The molecule has 1 unspecified atom stereocenters. The average Bonchev–Trinajstić information content (AvgIpc) is 2.85. The number of nitrogens with zero attached hydrogens (tertiary/aromatic N) is 2. The van der Waals surface area contributed by atoms with Crippen molar-refractivity contribution in [2.45, 2.75) is 10.5 Å². The molecular formula is C23H21ClN2O5PS+. The van der Waals surface area contributed by atoms with Crippen molar-refractivity contribution in [1.29, 1.82) is 5.26 Å². The topological polar surface area (TPSA) is 81.0 Å². The molecule has 3 rings (SSSR count). The van der Waals surface area contributed by atoms with Crippen LogP contribution in [0.25, 0.3) is 0 Å². The molecule has 0 radical (unpaired) electrons. The van der Waals surface area contributed by atoms with Crippen LogP contribution in [0.5, 0.6) is 23.0 Å². The van der Waals surface area contributed by atoms with Crippen LogP contribution in [0.2, 0.25) is 5.02 Å². The second kappa shape index (κ2) is 11.8. The van der Waals surface area contributed by atoms with Gasteiger partial charge in [-0.2, -0.15) is 5.26 Å². The standard InChI is InChI=1S/C23H20ClN2O5PS/c1-28-18-5-9-20(10-6-18)30-23(32-27,31-21-11-7-19(29-2)8-12-21)26(16-15-25)33-22-13-3-17(24)4-14-22/h3-14H,16H2,1-2H3/p+1. The lowest BCUT2D eigenvalue weighted by Gasteiger charge is -2.30. The molecule has 0 fully saturated rings. The van der Waals surface area contributed by atoms with E-state index in [2.05, 4.69) is 6.07 Å². The summed E-state index contributed by atoms with van der Waals surface area (Å²) in [5.74, 6) is 2.04. The third kappa shape index (κ3) is 6.53. The van der Waals surface area contributed by atoms with Crippen LogP contribution in [-0.2, 0) is 4.57 Å². The minimum Gasteiger partial charge on any atom is -0.497 e. The Morgan fingerprint density at radius 1 is 0.879 bits per heavy atom. The van der Waals surface area contributed by atoms with E-state index in [4.69, 9.17) is 30.5 Å². The maximum atomic E-state index is 12.7. The first kappa shape index (κ1) is 24.7. The molecule has 0 aromatic heterocycles. The van der Waals surface area contributed by atoms with Crippen molar-refractivity contribution in [3.05, 3.63) is 77.8 Å². The lowest BCUT2D eigenvalue weighted by molar-refractivity contribution is -0.107. The SMILES string of the molecule is COc1ccc(OC(Oc2ccc(OC)cc2)([PH+]=O)N(CC#N)Sc2ccc(Cl)cc2)cc1. The van der Waals surface area contributed by atoms with E-state index in [1.165, 1.54) is 16.3 Å². The second-order valence-electron chi connectivity index (χ2n) is 6.48. The Morgan fingerprint density at radius 2 is 1.33 bits per heavy atom. The lowest BCUT2D eigenvalue weighted by Crippen LogP contribution is -2.50. The van der Waals surface area contributed by atoms with Crippen LogP contribution in [0.3, 0.4) is 0 Å². The molecule has 0 bridgehead atoms. The zero-order chi connectivity index (χ0) is 23.7. The third-order valence-corrected chi connectivity index (χ3v) is 6.55. The number of halogens is 1. The van der Waals surface area contributed by atoms with Crippen molar-refractivity contribution in [2.75, 3.05) is 20.8 Å². The molecule has 0 aliphatic rings. The Kier molecular flexibility index (Phi) is 8.81. The van der Waals surface area contributed by atoms with Gasteiger partial charge in [-0.3, -0.25) is 0 Å². The van der Waals surface area contributed by atoms with Gasteiger partial charge in [-0.25, -0.2) is 0 Å². The van der Waals surface area contributed by atoms with Crippen LogP contribution in [0.4, 0.5) is 0 Å². The van der Waals surface area contributed by atoms with Gasteiger partial charge in [-0.1, -0.05) is 16.2 Å². The van der Waals surface area contributed by atoms with E-state index in [-0.39, 0.29) is 6.54 Å². The molecule has 3 aromatic rings. The van der Waals surface area contributed by atoms with Crippen molar-refractivity contribution in [1.82, 2.24) is 4.31 Å². The largest absolute Gasteiger partial charge is 0.535 e. The van der Waals surface area contributed by atoms with E-state index in [0.29, 0.717) is 28.0 Å². The van der Waals surface area contributed by atoms with E-state index in [9.17, 15) is 9.83 Å². The summed E-state index contributed by atoms with van der Waals surface area (Å²) in [6, 6.07) is 22.6. The molecule has 3 aromatic carbocycles. The smallest absolute Gasteiger partial charge is 0.497 e. The lowest BCUT2D eigenvalue weighted by atomic mass is 10.3. The van der Waals surface area contributed by atoms with Crippen LogP contribution < -0.4 is 18.9 Å². The first-order chi connectivity index (χ1) is 16.0. The highest BCUT2D eigenvalue weighted by molar-refractivity contribution is 7.97. The molecule has 0 spiro atoms. The number of benzene rings is 3. The number of methoxy groups -OCH3 is 2. The van der Waals surface area contributed by atoms with Gasteiger partial charge in [0.1, 0.15) is 29.5 Å². The number of ether oxygens (including phenoxy) is 4. The quantitative estimate of drug-likeness (QED) is 0.137. The number of hydrogen-bond donors (Lipinski definition) is 0. The fourth-order valence-corrected chi connectivity index (χ4v) is 4.41. The van der Waals surface area contributed by atoms with Crippen LogP contribution in [0.1, 0.15) is 0 Å².